The average Bonchev–Trinajstić information content (AvgIpc) is 3.44. The molecule has 1 atom stereocenters. The number of nitrogens with zero attached hydrogens (tertiary/aromatic N) is 1. The van der Waals surface area contributed by atoms with Gasteiger partial charge in [0.2, 0.25) is 5.78 Å². The molecule has 0 N–H and O–H groups in total. The Bertz CT molecular complexity index is 1960. The second kappa shape index (κ2) is 8.46. The standard InChI is InChI=1S/C31H21NO7/c1-32-14-16(18-5-3-4-6-23(18)32)11-26-30(35)19-8-10-25-28(31(19)39-26)20(13-27(33)38-25)22-15-37-24-9-7-17(36-2)12-21(24)29(22)34/h3-12,14-15,20H,13H2,1-2H3. The first-order chi connectivity index (χ1) is 18.9. The lowest BCUT2D eigenvalue weighted by Crippen LogP contribution is -2.25. The van der Waals surface area contributed by atoms with Gasteiger partial charge in [0.05, 0.1) is 30.7 Å². The number of benzene rings is 3. The maximum absolute atomic E-state index is 13.6. The fourth-order valence-corrected chi connectivity index (χ4v) is 5.49. The molecule has 7 rings (SSSR count). The predicted octanol–water partition coefficient (Wildman–Crippen LogP) is 5.35. The average molecular weight is 520 g/mol. The van der Waals surface area contributed by atoms with Gasteiger partial charge in [0, 0.05) is 46.8 Å². The highest BCUT2D eigenvalue weighted by Gasteiger charge is 2.39. The van der Waals surface area contributed by atoms with Gasteiger partial charge in [-0.1, -0.05) is 18.2 Å². The molecule has 0 bridgehead atoms. The van der Waals surface area contributed by atoms with E-state index in [1.807, 2.05) is 42.1 Å². The third-order valence-corrected chi connectivity index (χ3v) is 7.38. The number of para-hydroxylation sites is 1. The summed E-state index contributed by atoms with van der Waals surface area (Å²) in [6, 6.07) is 16.0. The van der Waals surface area contributed by atoms with Crippen LogP contribution in [-0.2, 0) is 11.8 Å². The molecule has 0 fully saturated rings. The van der Waals surface area contributed by atoms with E-state index in [1.54, 1.807) is 36.4 Å². The quantitative estimate of drug-likeness (QED) is 0.180. The Morgan fingerprint density at radius 1 is 1.00 bits per heavy atom. The van der Waals surface area contributed by atoms with Crippen LogP contribution in [0.2, 0.25) is 0 Å². The molecule has 0 aliphatic carbocycles. The highest BCUT2D eigenvalue weighted by atomic mass is 16.5. The number of carbonyl (C=O) groups excluding carboxylic acids is 2. The summed E-state index contributed by atoms with van der Waals surface area (Å²) in [4.78, 5) is 39.7. The number of aryl methyl sites for hydroxylation is 1. The molecule has 4 heterocycles. The Kier molecular flexibility index (Phi) is 5.00. The number of hydrogen-bond acceptors (Lipinski definition) is 7. The van der Waals surface area contributed by atoms with Crippen molar-refractivity contribution in [1.82, 2.24) is 4.57 Å². The van der Waals surface area contributed by atoms with Crippen LogP contribution in [0.1, 0.15) is 39.4 Å². The molecule has 8 nitrogen and oxygen atoms in total. The second-order valence-electron chi connectivity index (χ2n) is 9.62. The molecule has 8 heteroatoms. The lowest BCUT2D eigenvalue weighted by Gasteiger charge is -2.25. The van der Waals surface area contributed by atoms with E-state index in [4.69, 9.17) is 18.6 Å². The van der Waals surface area contributed by atoms with Gasteiger partial charge in [-0.2, -0.15) is 0 Å². The van der Waals surface area contributed by atoms with Crippen molar-refractivity contribution < 1.29 is 28.2 Å². The van der Waals surface area contributed by atoms with Crippen LogP contribution in [0.25, 0.3) is 27.9 Å². The van der Waals surface area contributed by atoms with Crippen molar-refractivity contribution in [2.24, 2.45) is 7.05 Å². The number of hydrogen-bond donors (Lipinski definition) is 0. The molecule has 2 aliphatic heterocycles. The van der Waals surface area contributed by atoms with Gasteiger partial charge in [0.1, 0.15) is 22.8 Å². The summed E-state index contributed by atoms with van der Waals surface area (Å²) in [5.74, 6) is -0.312. The fourth-order valence-electron chi connectivity index (χ4n) is 5.49. The molecule has 2 aromatic heterocycles. The van der Waals surface area contributed by atoms with Crippen molar-refractivity contribution in [3.8, 4) is 17.2 Å². The summed E-state index contributed by atoms with van der Waals surface area (Å²) in [7, 11) is 3.46. The highest BCUT2D eigenvalue weighted by molar-refractivity contribution is 6.15. The highest BCUT2D eigenvalue weighted by Crippen LogP contribution is 2.48. The summed E-state index contributed by atoms with van der Waals surface area (Å²) in [6.07, 6.45) is 4.92. The summed E-state index contributed by atoms with van der Waals surface area (Å²) in [5, 5.41) is 1.31. The minimum atomic E-state index is -0.729. The largest absolute Gasteiger partial charge is 0.497 e. The Balaban J connectivity index is 1.37. The summed E-state index contributed by atoms with van der Waals surface area (Å²) >= 11 is 0. The van der Waals surface area contributed by atoms with Gasteiger partial charge in [0.15, 0.2) is 11.2 Å². The number of Topliss-reactive ketones (excluding diaryl/α,β-unsaturated/α-hetero) is 1. The van der Waals surface area contributed by atoms with Crippen LogP contribution in [0.15, 0.2) is 82.0 Å². The minimum Gasteiger partial charge on any atom is -0.497 e. The number of allylic oxidation sites excluding steroid dienone is 1. The van der Waals surface area contributed by atoms with E-state index in [9.17, 15) is 14.4 Å². The van der Waals surface area contributed by atoms with E-state index in [-0.39, 0.29) is 40.5 Å². The number of methoxy groups -OCH3 is 1. The zero-order valence-electron chi connectivity index (χ0n) is 21.0. The van der Waals surface area contributed by atoms with Crippen molar-refractivity contribution in [3.63, 3.8) is 0 Å². The predicted molar refractivity (Wildman–Crippen MR) is 143 cm³/mol. The smallest absolute Gasteiger partial charge is 0.312 e. The molecular formula is C31H21NO7. The molecule has 2 aliphatic rings. The lowest BCUT2D eigenvalue weighted by molar-refractivity contribution is -0.135. The van der Waals surface area contributed by atoms with E-state index >= 15 is 0 Å². The molecule has 3 aromatic carbocycles. The van der Waals surface area contributed by atoms with Gasteiger partial charge in [-0.05, 0) is 42.5 Å². The molecule has 0 spiro atoms. The number of ether oxygens (including phenoxy) is 3. The van der Waals surface area contributed by atoms with E-state index in [0.29, 0.717) is 27.8 Å². The maximum Gasteiger partial charge on any atom is 0.312 e. The van der Waals surface area contributed by atoms with Crippen LogP contribution >= 0.6 is 0 Å². The van der Waals surface area contributed by atoms with Crippen molar-refractivity contribution in [2.45, 2.75) is 12.3 Å². The number of ketones is 1. The normalized spacial score (nSPS) is 17.3. The number of fused-ring (bicyclic) bond motifs is 5. The van der Waals surface area contributed by atoms with Gasteiger partial charge >= 0.3 is 5.97 Å². The first-order valence-electron chi connectivity index (χ1n) is 12.4. The third kappa shape index (κ3) is 3.49. The molecule has 192 valence electrons. The Morgan fingerprint density at radius 2 is 1.85 bits per heavy atom. The molecule has 1 unspecified atom stereocenters. The van der Waals surface area contributed by atoms with Gasteiger partial charge in [-0.15, -0.1) is 0 Å². The molecular weight excluding hydrogens is 498 g/mol. The van der Waals surface area contributed by atoms with Crippen LogP contribution in [-0.4, -0.2) is 23.4 Å². The first kappa shape index (κ1) is 23.0. The van der Waals surface area contributed by atoms with Crippen molar-refractivity contribution >= 4 is 39.7 Å². The molecule has 0 radical (unpaired) electrons. The van der Waals surface area contributed by atoms with E-state index < -0.39 is 11.9 Å². The van der Waals surface area contributed by atoms with Gasteiger partial charge in [0.25, 0.3) is 0 Å². The second-order valence-corrected chi connectivity index (χ2v) is 9.62. The number of esters is 1. The van der Waals surface area contributed by atoms with Crippen molar-refractivity contribution in [2.75, 3.05) is 7.11 Å². The minimum absolute atomic E-state index is 0.108. The van der Waals surface area contributed by atoms with Crippen LogP contribution in [0.3, 0.4) is 0 Å². The van der Waals surface area contributed by atoms with E-state index in [2.05, 4.69) is 0 Å². The number of aromatic nitrogens is 1. The summed E-state index contributed by atoms with van der Waals surface area (Å²) < 4.78 is 24.8. The van der Waals surface area contributed by atoms with Gasteiger partial charge in [-0.25, -0.2) is 0 Å². The third-order valence-electron chi connectivity index (χ3n) is 7.38. The van der Waals surface area contributed by atoms with Crippen LogP contribution in [0, 0.1) is 0 Å². The Morgan fingerprint density at radius 3 is 2.69 bits per heavy atom. The van der Waals surface area contributed by atoms with Crippen LogP contribution < -0.4 is 19.6 Å². The summed E-state index contributed by atoms with van der Waals surface area (Å²) in [5.41, 5.74) is 3.04. The fraction of sp³-hybridized carbons (Fsp3) is 0.129. The zero-order valence-corrected chi connectivity index (χ0v) is 21.0. The van der Waals surface area contributed by atoms with Crippen LogP contribution in [0.5, 0.6) is 17.2 Å². The number of rotatable bonds is 3. The van der Waals surface area contributed by atoms with Gasteiger partial charge < -0.3 is 23.2 Å². The molecule has 0 saturated carbocycles. The SMILES string of the molecule is COc1ccc2occ(C3CC(=O)Oc4ccc5c(c43)OC(=Cc3cn(C)c4ccccc34)C5=O)c(=O)c2c1. The number of carbonyl (C=O) groups is 2. The topological polar surface area (TPSA) is 97.0 Å². The van der Waals surface area contributed by atoms with Crippen molar-refractivity contribution in [3.05, 3.63) is 105 Å². The molecule has 39 heavy (non-hydrogen) atoms. The van der Waals surface area contributed by atoms with Crippen molar-refractivity contribution in [1.29, 1.82) is 0 Å². The Labute approximate surface area is 221 Å². The van der Waals surface area contributed by atoms with Crippen LogP contribution in [0.4, 0.5) is 0 Å². The molecule has 0 amide bonds. The molecule has 0 saturated heterocycles. The Hall–Kier alpha value is -5.11. The first-order valence-corrected chi connectivity index (χ1v) is 12.4. The zero-order chi connectivity index (χ0) is 26.8. The maximum atomic E-state index is 13.6. The van der Waals surface area contributed by atoms with E-state index in [0.717, 1.165) is 16.5 Å². The van der Waals surface area contributed by atoms with Gasteiger partial charge in [-0.3, -0.25) is 14.4 Å². The summed E-state index contributed by atoms with van der Waals surface area (Å²) in [6.45, 7) is 0. The van der Waals surface area contributed by atoms with E-state index in [1.165, 1.54) is 13.4 Å². The molecule has 5 aromatic rings. The lowest BCUT2D eigenvalue weighted by atomic mass is 9.85. The monoisotopic (exact) mass is 519 g/mol.